The number of nitrogens with zero attached hydrogens (tertiary/aromatic N) is 2. The van der Waals surface area contributed by atoms with E-state index in [1.807, 2.05) is 0 Å². The maximum absolute atomic E-state index is 12.6. The molecule has 128 valence electrons. The monoisotopic (exact) mass is 333 g/mol. The predicted molar refractivity (Wildman–Crippen MR) is 84.4 cm³/mol. The van der Waals surface area contributed by atoms with Crippen LogP contribution in [-0.2, 0) is 19.1 Å². The fraction of sp³-hybridized carbons (Fsp3) is 0.438. The van der Waals surface area contributed by atoms with Gasteiger partial charge in [-0.2, -0.15) is 0 Å². The third-order valence-corrected chi connectivity index (χ3v) is 4.73. The highest BCUT2D eigenvalue weighted by Gasteiger charge is 2.64. The molecule has 2 heterocycles. The normalized spacial score (nSPS) is 26.0. The second kappa shape index (κ2) is 5.79. The number of nitrogens with one attached hydrogen (secondary N) is 1. The van der Waals surface area contributed by atoms with Crippen molar-refractivity contribution in [3.05, 3.63) is 29.8 Å². The van der Waals surface area contributed by atoms with Crippen molar-refractivity contribution in [1.29, 1.82) is 0 Å². The van der Waals surface area contributed by atoms with E-state index in [4.69, 9.17) is 4.74 Å². The molecule has 8 heteroatoms. The molecule has 0 radical (unpaired) electrons. The molecule has 1 amide bonds. The Hall–Kier alpha value is -2.61. The maximum atomic E-state index is 12.6. The number of ether oxygens (including phenoxy) is 2. The summed E-state index contributed by atoms with van der Waals surface area (Å²) in [5.74, 6) is -1.50. The lowest BCUT2D eigenvalue weighted by atomic mass is 10.0. The second-order valence-corrected chi connectivity index (χ2v) is 5.79. The standard InChI is InChI=1S/C16H19N3O5/c1-18-12-8-17-14(21)16(18,15(22)24-3)19(9-12)11-6-4-10(5-7-11)13(20)23-2/h4-7,12H,8-9H2,1-3H3,(H,17,21)/t12-,16+/m1/s1. The highest BCUT2D eigenvalue weighted by atomic mass is 16.5. The van der Waals surface area contributed by atoms with Crippen molar-refractivity contribution in [2.45, 2.75) is 11.7 Å². The van der Waals surface area contributed by atoms with Gasteiger partial charge in [-0.3, -0.25) is 9.69 Å². The first-order chi connectivity index (χ1) is 11.5. The molecule has 2 fully saturated rings. The second-order valence-electron chi connectivity index (χ2n) is 5.79. The topological polar surface area (TPSA) is 88.2 Å². The first-order valence-corrected chi connectivity index (χ1v) is 7.52. The number of carbonyl (C=O) groups is 3. The van der Waals surface area contributed by atoms with Crippen LogP contribution in [0.3, 0.4) is 0 Å². The number of amides is 1. The van der Waals surface area contributed by atoms with Crippen LogP contribution in [0.2, 0.25) is 0 Å². The number of likely N-dealkylation sites (N-methyl/N-ethyl adjacent to an activating group) is 1. The van der Waals surface area contributed by atoms with E-state index in [0.717, 1.165) is 0 Å². The molecule has 0 aliphatic carbocycles. The van der Waals surface area contributed by atoms with Gasteiger partial charge in [0, 0.05) is 24.8 Å². The van der Waals surface area contributed by atoms with Crippen LogP contribution in [0.25, 0.3) is 0 Å². The van der Waals surface area contributed by atoms with Crippen LogP contribution in [0.15, 0.2) is 24.3 Å². The van der Waals surface area contributed by atoms with Gasteiger partial charge in [-0.25, -0.2) is 9.59 Å². The fourth-order valence-corrected chi connectivity index (χ4v) is 3.41. The zero-order valence-corrected chi connectivity index (χ0v) is 13.7. The summed E-state index contributed by atoms with van der Waals surface area (Å²) in [4.78, 5) is 40.2. The summed E-state index contributed by atoms with van der Waals surface area (Å²) in [5.41, 5.74) is -0.488. The lowest BCUT2D eigenvalue weighted by Gasteiger charge is -2.41. The number of esters is 2. The Labute approximate surface area is 139 Å². The minimum atomic E-state index is -1.54. The van der Waals surface area contributed by atoms with Gasteiger partial charge in [0.05, 0.1) is 19.8 Å². The van der Waals surface area contributed by atoms with Crippen LogP contribution in [0.5, 0.6) is 0 Å². The zero-order valence-electron chi connectivity index (χ0n) is 13.7. The van der Waals surface area contributed by atoms with Gasteiger partial charge in [0.2, 0.25) is 0 Å². The van der Waals surface area contributed by atoms with E-state index < -0.39 is 23.5 Å². The molecule has 1 N–H and O–H groups in total. The van der Waals surface area contributed by atoms with Crippen LogP contribution in [0, 0.1) is 0 Å². The average Bonchev–Trinajstić information content (AvgIpc) is 2.81. The van der Waals surface area contributed by atoms with E-state index >= 15 is 0 Å². The van der Waals surface area contributed by atoms with Crippen molar-refractivity contribution >= 4 is 23.5 Å². The summed E-state index contributed by atoms with van der Waals surface area (Å²) >= 11 is 0. The summed E-state index contributed by atoms with van der Waals surface area (Å²) in [6.45, 7) is 0.951. The summed E-state index contributed by atoms with van der Waals surface area (Å²) in [5, 5.41) is 2.77. The lowest BCUT2D eigenvalue weighted by Crippen LogP contribution is -2.71. The molecule has 0 unspecified atom stereocenters. The largest absolute Gasteiger partial charge is 0.466 e. The Morgan fingerprint density at radius 3 is 2.46 bits per heavy atom. The van der Waals surface area contributed by atoms with E-state index in [1.165, 1.54) is 14.2 Å². The highest BCUT2D eigenvalue weighted by molar-refractivity contribution is 6.11. The molecular weight excluding hydrogens is 314 g/mol. The van der Waals surface area contributed by atoms with Crippen LogP contribution in [0.4, 0.5) is 5.69 Å². The molecule has 8 nitrogen and oxygen atoms in total. The molecule has 2 atom stereocenters. The number of fused-ring (bicyclic) bond motifs is 2. The Balaban J connectivity index is 2.04. The molecule has 2 bridgehead atoms. The smallest absolute Gasteiger partial charge is 0.357 e. The van der Waals surface area contributed by atoms with Crippen LogP contribution in [0.1, 0.15) is 10.4 Å². The van der Waals surface area contributed by atoms with Crippen molar-refractivity contribution in [1.82, 2.24) is 10.2 Å². The number of piperazine rings is 1. The number of rotatable bonds is 3. The molecule has 2 saturated heterocycles. The third-order valence-electron chi connectivity index (χ3n) is 4.73. The SMILES string of the molecule is COC(=O)c1ccc(N2C[C@H]3CNC(=O)[C@]2(C(=O)OC)N3C)cc1. The number of hydrogen-bond donors (Lipinski definition) is 1. The first-order valence-electron chi connectivity index (χ1n) is 7.52. The number of methoxy groups -OCH3 is 2. The Bertz CT molecular complexity index is 679. The van der Waals surface area contributed by atoms with Gasteiger partial charge in [-0.1, -0.05) is 0 Å². The quantitative estimate of drug-likeness (QED) is 0.594. The fourth-order valence-electron chi connectivity index (χ4n) is 3.41. The molecule has 2 aliphatic heterocycles. The van der Waals surface area contributed by atoms with Crippen molar-refractivity contribution in [2.24, 2.45) is 0 Å². The van der Waals surface area contributed by atoms with E-state index in [0.29, 0.717) is 24.3 Å². The summed E-state index contributed by atoms with van der Waals surface area (Å²) in [6.07, 6.45) is 0. The molecule has 0 spiro atoms. The summed E-state index contributed by atoms with van der Waals surface area (Å²) < 4.78 is 9.61. The molecular formula is C16H19N3O5. The lowest BCUT2D eigenvalue weighted by molar-refractivity contribution is -0.161. The van der Waals surface area contributed by atoms with Crippen molar-refractivity contribution in [3.63, 3.8) is 0 Å². The van der Waals surface area contributed by atoms with E-state index in [2.05, 4.69) is 10.1 Å². The van der Waals surface area contributed by atoms with Crippen LogP contribution < -0.4 is 10.2 Å². The van der Waals surface area contributed by atoms with Crippen molar-refractivity contribution in [2.75, 3.05) is 39.3 Å². The summed E-state index contributed by atoms with van der Waals surface area (Å²) in [6, 6.07) is 6.58. The summed E-state index contributed by atoms with van der Waals surface area (Å²) in [7, 11) is 4.31. The highest BCUT2D eigenvalue weighted by Crippen LogP contribution is 2.38. The molecule has 1 aromatic rings. The Morgan fingerprint density at radius 1 is 1.21 bits per heavy atom. The van der Waals surface area contributed by atoms with Gasteiger partial charge >= 0.3 is 11.9 Å². The van der Waals surface area contributed by atoms with Crippen molar-refractivity contribution in [3.8, 4) is 0 Å². The van der Waals surface area contributed by atoms with Crippen LogP contribution >= 0.6 is 0 Å². The minimum absolute atomic E-state index is 0.0120. The molecule has 3 rings (SSSR count). The molecule has 1 aromatic carbocycles. The van der Waals surface area contributed by atoms with Crippen LogP contribution in [-0.4, -0.2) is 68.8 Å². The van der Waals surface area contributed by atoms with Gasteiger partial charge < -0.3 is 19.7 Å². The Morgan fingerprint density at radius 2 is 1.88 bits per heavy atom. The third kappa shape index (κ3) is 2.06. The first kappa shape index (κ1) is 16.3. The van der Waals surface area contributed by atoms with E-state index in [-0.39, 0.29) is 6.04 Å². The molecule has 24 heavy (non-hydrogen) atoms. The van der Waals surface area contributed by atoms with E-state index in [1.54, 1.807) is 41.1 Å². The van der Waals surface area contributed by atoms with Gasteiger partial charge in [0.15, 0.2) is 0 Å². The molecule has 2 aliphatic rings. The average molecular weight is 333 g/mol. The number of benzene rings is 1. The molecule has 0 aromatic heterocycles. The minimum Gasteiger partial charge on any atom is -0.466 e. The Kier molecular flexibility index (Phi) is 3.92. The van der Waals surface area contributed by atoms with Gasteiger partial charge in [-0.05, 0) is 31.3 Å². The van der Waals surface area contributed by atoms with E-state index in [9.17, 15) is 14.4 Å². The number of hydrogen-bond acceptors (Lipinski definition) is 7. The predicted octanol–water partition coefficient (Wildman–Crippen LogP) is -0.407. The molecule has 0 saturated carbocycles. The van der Waals surface area contributed by atoms with Crippen molar-refractivity contribution < 1.29 is 23.9 Å². The number of carbonyl (C=O) groups excluding carboxylic acids is 3. The van der Waals surface area contributed by atoms with Gasteiger partial charge in [0.1, 0.15) is 0 Å². The zero-order chi connectivity index (χ0) is 17.5. The number of anilines is 1. The maximum Gasteiger partial charge on any atom is 0.357 e. The van der Waals surface area contributed by atoms with Gasteiger partial charge in [0.25, 0.3) is 11.6 Å². The van der Waals surface area contributed by atoms with Gasteiger partial charge in [-0.15, -0.1) is 0 Å².